The van der Waals surface area contributed by atoms with Crippen molar-refractivity contribution >= 4 is 29.3 Å². The van der Waals surface area contributed by atoms with Crippen molar-refractivity contribution < 1.29 is 19.4 Å². The third-order valence-electron chi connectivity index (χ3n) is 2.99. The summed E-state index contributed by atoms with van der Waals surface area (Å²) >= 11 is 1.30. The molecule has 1 aliphatic heterocycles. The lowest BCUT2D eigenvalue weighted by atomic mass is 10.3. The molecule has 1 unspecified atom stereocenters. The summed E-state index contributed by atoms with van der Waals surface area (Å²) in [6, 6.07) is 3.48. The molecular formula is C13H15NO4S. The van der Waals surface area contributed by atoms with Crippen molar-refractivity contribution in [3.8, 4) is 0 Å². The van der Waals surface area contributed by atoms with Gasteiger partial charge in [0.2, 0.25) is 0 Å². The Labute approximate surface area is 115 Å². The number of thiophene rings is 1. The maximum Gasteiger partial charge on any atom is 0.328 e. The molecule has 2 heterocycles. The molecule has 0 radical (unpaired) electrons. The fourth-order valence-electron chi connectivity index (χ4n) is 1.97. The van der Waals surface area contributed by atoms with Gasteiger partial charge in [0.05, 0.1) is 11.0 Å². The normalized spacial score (nSPS) is 19.2. The maximum atomic E-state index is 12.2. The number of aliphatic carboxylic acids is 1. The molecule has 1 atom stereocenters. The summed E-state index contributed by atoms with van der Waals surface area (Å²) in [5, 5.41) is 8.55. The van der Waals surface area contributed by atoms with Gasteiger partial charge < -0.3 is 14.7 Å². The molecule has 6 heteroatoms. The quantitative estimate of drug-likeness (QED) is 0.853. The largest absolute Gasteiger partial charge is 0.478 e. The molecule has 1 aromatic heterocycles. The third kappa shape index (κ3) is 3.42. The van der Waals surface area contributed by atoms with Gasteiger partial charge in [0.25, 0.3) is 5.91 Å². The summed E-state index contributed by atoms with van der Waals surface area (Å²) in [5.41, 5.74) is 0. The van der Waals surface area contributed by atoms with Crippen molar-refractivity contribution in [1.29, 1.82) is 0 Å². The zero-order valence-corrected chi connectivity index (χ0v) is 11.4. The first-order valence-corrected chi connectivity index (χ1v) is 6.74. The van der Waals surface area contributed by atoms with Gasteiger partial charge >= 0.3 is 5.97 Å². The van der Waals surface area contributed by atoms with Crippen LogP contribution in [0.4, 0.5) is 0 Å². The molecule has 1 aliphatic rings. The van der Waals surface area contributed by atoms with E-state index in [-0.39, 0.29) is 12.0 Å². The van der Waals surface area contributed by atoms with E-state index in [0.717, 1.165) is 17.4 Å². The highest BCUT2D eigenvalue weighted by Gasteiger charge is 2.27. The Morgan fingerprint density at radius 3 is 2.95 bits per heavy atom. The van der Waals surface area contributed by atoms with Crippen molar-refractivity contribution in [2.75, 3.05) is 20.2 Å². The van der Waals surface area contributed by atoms with Gasteiger partial charge in [-0.1, -0.05) is 0 Å². The van der Waals surface area contributed by atoms with Crippen molar-refractivity contribution in [2.45, 2.75) is 12.5 Å². The number of carboxylic acids is 1. The number of hydrogen-bond acceptors (Lipinski definition) is 4. The van der Waals surface area contributed by atoms with E-state index < -0.39 is 5.97 Å². The molecule has 0 bridgehead atoms. The number of nitrogens with zero attached hydrogens (tertiary/aromatic N) is 1. The number of hydrogen-bond donors (Lipinski definition) is 1. The second kappa shape index (κ2) is 5.99. The van der Waals surface area contributed by atoms with Gasteiger partial charge in [-0.25, -0.2) is 4.79 Å². The SMILES string of the molecule is COC1CCN(C(=O)c2ccc(/C=C/C(=O)O)s2)C1. The lowest BCUT2D eigenvalue weighted by Crippen LogP contribution is -2.29. The monoisotopic (exact) mass is 281 g/mol. The van der Waals surface area contributed by atoms with Crippen LogP contribution in [0.25, 0.3) is 6.08 Å². The van der Waals surface area contributed by atoms with Gasteiger partial charge in [0, 0.05) is 31.2 Å². The highest BCUT2D eigenvalue weighted by atomic mass is 32.1. The highest BCUT2D eigenvalue weighted by molar-refractivity contribution is 7.14. The zero-order chi connectivity index (χ0) is 13.8. The van der Waals surface area contributed by atoms with Crippen molar-refractivity contribution in [3.63, 3.8) is 0 Å². The van der Waals surface area contributed by atoms with Gasteiger partial charge in [-0.05, 0) is 24.6 Å². The Hall–Kier alpha value is -1.66. The number of carbonyl (C=O) groups is 2. The minimum atomic E-state index is -0.997. The fraction of sp³-hybridized carbons (Fsp3) is 0.385. The van der Waals surface area contributed by atoms with Crippen molar-refractivity contribution in [2.24, 2.45) is 0 Å². The van der Waals surface area contributed by atoms with Gasteiger partial charge in [-0.15, -0.1) is 11.3 Å². The summed E-state index contributed by atoms with van der Waals surface area (Å²) in [6.07, 6.45) is 3.54. The van der Waals surface area contributed by atoms with Crippen LogP contribution >= 0.6 is 11.3 Å². The summed E-state index contributed by atoms with van der Waals surface area (Å²) in [5.74, 6) is -1.01. The number of ether oxygens (including phenoxy) is 1. The summed E-state index contributed by atoms with van der Waals surface area (Å²) in [7, 11) is 1.65. The van der Waals surface area contributed by atoms with Crippen molar-refractivity contribution in [1.82, 2.24) is 4.90 Å². The fourth-order valence-corrected chi connectivity index (χ4v) is 2.85. The van der Waals surface area contributed by atoms with Crippen LogP contribution < -0.4 is 0 Å². The Morgan fingerprint density at radius 2 is 2.32 bits per heavy atom. The van der Waals surface area contributed by atoms with E-state index in [1.165, 1.54) is 17.4 Å². The van der Waals surface area contributed by atoms with E-state index in [2.05, 4.69) is 0 Å². The van der Waals surface area contributed by atoms with Crippen LogP contribution in [0.5, 0.6) is 0 Å². The minimum Gasteiger partial charge on any atom is -0.478 e. The van der Waals surface area contributed by atoms with Crippen LogP contribution in [-0.4, -0.2) is 48.2 Å². The molecule has 19 heavy (non-hydrogen) atoms. The molecule has 0 aliphatic carbocycles. The van der Waals surface area contributed by atoms with Crippen LogP contribution in [0, 0.1) is 0 Å². The van der Waals surface area contributed by atoms with Crippen LogP contribution in [-0.2, 0) is 9.53 Å². The molecular weight excluding hydrogens is 266 g/mol. The molecule has 1 aromatic rings. The van der Waals surface area contributed by atoms with Crippen LogP contribution in [0.3, 0.4) is 0 Å². The number of likely N-dealkylation sites (tertiary alicyclic amines) is 1. The predicted molar refractivity (Wildman–Crippen MR) is 72.3 cm³/mol. The average molecular weight is 281 g/mol. The van der Waals surface area contributed by atoms with E-state index in [1.54, 1.807) is 24.1 Å². The lowest BCUT2D eigenvalue weighted by Gasteiger charge is -2.14. The first kappa shape index (κ1) is 13.8. The number of carbonyl (C=O) groups excluding carboxylic acids is 1. The van der Waals surface area contributed by atoms with E-state index in [4.69, 9.17) is 9.84 Å². The number of rotatable bonds is 4. The van der Waals surface area contributed by atoms with Gasteiger partial charge in [-0.3, -0.25) is 4.79 Å². The molecule has 1 fully saturated rings. The second-order valence-electron chi connectivity index (χ2n) is 4.27. The van der Waals surface area contributed by atoms with E-state index >= 15 is 0 Å². The van der Waals surface area contributed by atoms with Gasteiger partial charge in [0.1, 0.15) is 0 Å². The van der Waals surface area contributed by atoms with Crippen LogP contribution in [0.1, 0.15) is 21.0 Å². The summed E-state index contributed by atoms with van der Waals surface area (Å²) < 4.78 is 5.23. The molecule has 102 valence electrons. The Bertz CT molecular complexity index is 508. The number of methoxy groups -OCH3 is 1. The second-order valence-corrected chi connectivity index (χ2v) is 5.39. The number of amides is 1. The number of carboxylic acid groups (broad SMARTS) is 1. The first-order chi connectivity index (χ1) is 9.10. The van der Waals surface area contributed by atoms with Crippen molar-refractivity contribution in [3.05, 3.63) is 28.0 Å². The topological polar surface area (TPSA) is 66.8 Å². The third-order valence-corrected chi connectivity index (χ3v) is 4.03. The van der Waals surface area contributed by atoms with Gasteiger partial charge in [0.15, 0.2) is 0 Å². The Morgan fingerprint density at radius 1 is 1.53 bits per heavy atom. The standard InChI is InChI=1S/C13H15NO4S/c1-18-9-6-7-14(8-9)13(17)11-4-2-10(19-11)3-5-12(15)16/h2-5,9H,6-8H2,1H3,(H,15,16)/b5-3+. The average Bonchev–Trinajstić information content (AvgIpc) is 3.04. The molecule has 5 nitrogen and oxygen atoms in total. The maximum absolute atomic E-state index is 12.2. The molecule has 1 saturated heterocycles. The lowest BCUT2D eigenvalue weighted by molar-refractivity contribution is -0.131. The van der Waals surface area contributed by atoms with E-state index in [0.29, 0.717) is 18.0 Å². The Balaban J connectivity index is 2.02. The highest BCUT2D eigenvalue weighted by Crippen LogP contribution is 2.22. The first-order valence-electron chi connectivity index (χ1n) is 5.93. The van der Waals surface area contributed by atoms with E-state index in [1.807, 2.05) is 0 Å². The zero-order valence-electron chi connectivity index (χ0n) is 10.5. The molecule has 0 aromatic carbocycles. The minimum absolute atomic E-state index is 0.0143. The van der Waals surface area contributed by atoms with Crippen LogP contribution in [0.2, 0.25) is 0 Å². The smallest absolute Gasteiger partial charge is 0.328 e. The molecule has 0 saturated carbocycles. The molecule has 0 spiro atoms. The van der Waals surface area contributed by atoms with Crippen LogP contribution in [0.15, 0.2) is 18.2 Å². The molecule has 2 rings (SSSR count). The molecule has 1 N–H and O–H groups in total. The summed E-state index contributed by atoms with van der Waals surface area (Å²) in [4.78, 5) is 25.8. The predicted octanol–water partition coefficient (Wildman–Crippen LogP) is 1.71. The Kier molecular flexibility index (Phi) is 4.34. The van der Waals surface area contributed by atoms with Gasteiger partial charge in [-0.2, -0.15) is 0 Å². The van der Waals surface area contributed by atoms with E-state index in [9.17, 15) is 9.59 Å². The molecule has 1 amide bonds. The summed E-state index contributed by atoms with van der Waals surface area (Å²) in [6.45, 7) is 1.32.